The monoisotopic (exact) mass is 673 g/mol. The summed E-state index contributed by atoms with van der Waals surface area (Å²) in [4.78, 5) is 10.4. The van der Waals surface area contributed by atoms with Crippen LogP contribution in [0, 0.1) is 0 Å². The predicted octanol–water partition coefficient (Wildman–Crippen LogP) is 13.2. The Bertz CT molecular complexity index is 3210. The Labute approximate surface area is 306 Å². The number of para-hydroxylation sites is 1. The van der Waals surface area contributed by atoms with Gasteiger partial charge < -0.3 is 4.57 Å². The van der Waals surface area contributed by atoms with Crippen LogP contribution in [0.15, 0.2) is 188 Å². The van der Waals surface area contributed by atoms with Crippen LogP contribution < -0.4 is 0 Å². The fourth-order valence-electron chi connectivity index (χ4n) is 8.33. The molecule has 0 atom stereocenters. The summed E-state index contributed by atoms with van der Waals surface area (Å²) in [7, 11) is 0. The average molecular weight is 674 g/mol. The summed E-state index contributed by atoms with van der Waals surface area (Å²) in [5.74, 6) is 0.721. The first kappa shape index (κ1) is 29.6. The fraction of sp³-hybridized carbons (Fsp3) is 0. The zero-order chi connectivity index (χ0) is 34.9. The van der Waals surface area contributed by atoms with E-state index in [2.05, 4.69) is 187 Å². The largest absolute Gasteiger partial charge is 0.308 e. The van der Waals surface area contributed by atoms with Gasteiger partial charge in [-0.15, -0.1) is 0 Å². The molecule has 2 heterocycles. The summed E-state index contributed by atoms with van der Waals surface area (Å²) >= 11 is 0. The molecule has 0 radical (unpaired) electrons. The molecule has 0 aliphatic carbocycles. The van der Waals surface area contributed by atoms with Gasteiger partial charge in [0.15, 0.2) is 5.82 Å². The number of benzene rings is 9. The van der Waals surface area contributed by atoms with Gasteiger partial charge in [-0.1, -0.05) is 170 Å². The molecule has 11 aromatic rings. The fourth-order valence-corrected chi connectivity index (χ4v) is 8.33. The first-order valence-corrected chi connectivity index (χ1v) is 18.1. The van der Waals surface area contributed by atoms with E-state index in [-0.39, 0.29) is 0 Å². The van der Waals surface area contributed by atoms with Crippen LogP contribution in [0.25, 0.3) is 104 Å². The molecular weight excluding hydrogens is 643 g/mol. The summed E-state index contributed by atoms with van der Waals surface area (Å²) in [5, 5.41) is 10.8. The van der Waals surface area contributed by atoms with Crippen LogP contribution in [0.5, 0.6) is 0 Å². The van der Waals surface area contributed by atoms with Gasteiger partial charge in [-0.05, 0) is 45.5 Å². The van der Waals surface area contributed by atoms with Crippen molar-refractivity contribution in [2.75, 3.05) is 0 Å². The molecule has 0 amide bonds. The van der Waals surface area contributed by atoms with Gasteiger partial charge in [0.05, 0.1) is 27.9 Å². The van der Waals surface area contributed by atoms with E-state index in [9.17, 15) is 0 Å². The SMILES string of the molecule is c1ccc(-c2nc(-c3ccc(-c4cccc5c4ccc4c6ccccc6n(-c6cccc7ccccc67)c54)cc3)nc3c2ccc2ccccc23)cc1. The van der Waals surface area contributed by atoms with Gasteiger partial charge in [-0.2, -0.15) is 0 Å². The maximum Gasteiger partial charge on any atom is 0.160 e. The topological polar surface area (TPSA) is 30.7 Å². The van der Waals surface area contributed by atoms with Gasteiger partial charge in [0, 0.05) is 43.4 Å². The van der Waals surface area contributed by atoms with Gasteiger partial charge in [0.25, 0.3) is 0 Å². The van der Waals surface area contributed by atoms with Crippen molar-refractivity contribution in [2.45, 2.75) is 0 Å². The normalized spacial score (nSPS) is 11.8. The van der Waals surface area contributed by atoms with Crippen molar-refractivity contribution < 1.29 is 0 Å². The molecule has 0 unspecified atom stereocenters. The Hall–Kier alpha value is -7.10. The number of nitrogens with zero attached hydrogens (tertiary/aromatic N) is 3. The van der Waals surface area contributed by atoms with E-state index in [0.29, 0.717) is 0 Å². The first-order chi connectivity index (χ1) is 26.3. The maximum absolute atomic E-state index is 5.21. The van der Waals surface area contributed by atoms with Crippen molar-refractivity contribution >= 4 is 65.0 Å². The second-order valence-corrected chi connectivity index (χ2v) is 13.7. The highest BCUT2D eigenvalue weighted by molar-refractivity contribution is 6.21. The third kappa shape index (κ3) is 4.61. The van der Waals surface area contributed by atoms with E-state index in [4.69, 9.17) is 9.97 Å². The maximum atomic E-state index is 5.21. The van der Waals surface area contributed by atoms with Gasteiger partial charge in [0.2, 0.25) is 0 Å². The standard InChI is InChI=1S/C50H31N3/c1-2-14-35(15-3-1)47-44-29-28-33-13-5-7-18-39(33)48(44)52-50(51-47)36-26-24-34(25-27-36)37-20-11-21-42-40(37)30-31-43-41-19-8-9-22-46(41)53(49(42)43)45-23-10-16-32-12-4-6-17-38(32)45/h1-31H. The van der Waals surface area contributed by atoms with Crippen molar-refractivity contribution in [2.24, 2.45) is 0 Å². The minimum absolute atomic E-state index is 0.721. The van der Waals surface area contributed by atoms with E-state index in [0.717, 1.165) is 44.5 Å². The number of rotatable bonds is 4. The number of hydrogen-bond donors (Lipinski definition) is 0. The lowest BCUT2D eigenvalue weighted by Gasteiger charge is -2.14. The predicted molar refractivity (Wildman–Crippen MR) is 223 cm³/mol. The van der Waals surface area contributed by atoms with Crippen molar-refractivity contribution in [3.05, 3.63) is 188 Å². The van der Waals surface area contributed by atoms with Crippen molar-refractivity contribution in [1.82, 2.24) is 14.5 Å². The van der Waals surface area contributed by atoms with Crippen LogP contribution in [0.4, 0.5) is 0 Å². The van der Waals surface area contributed by atoms with Crippen LogP contribution in [-0.2, 0) is 0 Å². The molecule has 0 N–H and O–H groups in total. The molecule has 0 aliphatic rings. The number of fused-ring (bicyclic) bond motifs is 9. The third-order valence-electron chi connectivity index (χ3n) is 10.8. The Kier molecular flexibility index (Phi) is 6.55. The van der Waals surface area contributed by atoms with Gasteiger partial charge >= 0.3 is 0 Å². The van der Waals surface area contributed by atoms with E-state index in [1.54, 1.807) is 0 Å². The Balaban J connectivity index is 1.09. The smallest absolute Gasteiger partial charge is 0.160 e. The van der Waals surface area contributed by atoms with E-state index < -0.39 is 0 Å². The molecule has 0 aliphatic heterocycles. The van der Waals surface area contributed by atoms with Gasteiger partial charge in [-0.3, -0.25) is 0 Å². The lowest BCUT2D eigenvalue weighted by atomic mass is 9.95. The summed E-state index contributed by atoms with van der Waals surface area (Å²) < 4.78 is 2.47. The van der Waals surface area contributed by atoms with E-state index in [1.807, 2.05) is 6.07 Å². The van der Waals surface area contributed by atoms with Gasteiger partial charge in [0.1, 0.15) is 0 Å². The van der Waals surface area contributed by atoms with Crippen LogP contribution in [0.2, 0.25) is 0 Å². The van der Waals surface area contributed by atoms with Crippen LogP contribution in [0.3, 0.4) is 0 Å². The molecule has 0 spiro atoms. The first-order valence-electron chi connectivity index (χ1n) is 18.1. The minimum Gasteiger partial charge on any atom is -0.308 e. The highest BCUT2D eigenvalue weighted by Gasteiger charge is 2.18. The average Bonchev–Trinajstić information content (AvgIpc) is 3.58. The minimum atomic E-state index is 0.721. The zero-order valence-corrected chi connectivity index (χ0v) is 28.7. The summed E-state index contributed by atoms with van der Waals surface area (Å²) in [6, 6.07) is 67.3. The summed E-state index contributed by atoms with van der Waals surface area (Å²) in [6.45, 7) is 0. The van der Waals surface area contributed by atoms with Crippen molar-refractivity contribution in [3.8, 4) is 39.5 Å². The zero-order valence-electron chi connectivity index (χ0n) is 28.7. The van der Waals surface area contributed by atoms with E-state index in [1.165, 1.54) is 60.0 Å². The second-order valence-electron chi connectivity index (χ2n) is 13.7. The highest BCUT2D eigenvalue weighted by atomic mass is 15.0. The molecule has 0 saturated carbocycles. The van der Waals surface area contributed by atoms with Crippen LogP contribution >= 0.6 is 0 Å². The van der Waals surface area contributed by atoms with Gasteiger partial charge in [-0.25, -0.2) is 9.97 Å². The molecule has 53 heavy (non-hydrogen) atoms. The molecule has 3 nitrogen and oxygen atoms in total. The quantitative estimate of drug-likeness (QED) is 0.174. The molecule has 9 aromatic carbocycles. The lowest BCUT2D eigenvalue weighted by molar-refractivity contribution is 1.20. The molecule has 3 heteroatoms. The molecule has 0 saturated heterocycles. The molecule has 0 bridgehead atoms. The van der Waals surface area contributed by atoms with Crippen molar-refractivity contribution in [3.63, 3.8) is 0 Å². The highest BCUT2D eigenvalue weighted by Crippen LogP contribution is 2.41. The lowest BCUT2D eigenvalue weighted by Crippen LogP contribution is -1.96. The van der Waals surface area contributed by atoms with Crippen LogP contribution in [0.1, 0.15) is 0 Å². The Morgan fingerprint density at radius 1 is 0.340 bits per heavy atom. The Morgan fingerprint density at radius 2 is 0.943 bits per heavy atom. The molecule has 11 rings (SSSR count). The second kappa shape index (κ2) is 11.7. The number of hydrogen-bond acceptors (Lipinski definition) is 2. The number of aromatic nitrogens is 3. The molecular formula is C50H31N3. The molecule has 246 valence electrons. The molecule has 0 fully saturated rings. The van der Waals surface area contributed by atoms with Crippen LogP contribution in [-0.4, -0.2) is 14.5 Å². The summed E-state index contributed by atoms with van der Waals surface area (Å²) in [5.41, 5.74) is 9.95. The van der Waals surface area contributed by atoms with E-state index >= 15 is 0 Å². The summed E-state index contributed by atoms with van der Waals surface area (Å²) in [6.07, 6.45) is 0. The van der Waals surface area contributed by atoms with Crippen molar-refractivity contribution in [1.29, 1.82) is 0 Å². The molecule has 2 aromatic heterocycles. The third-order valence-corrected chi connectivity index (χ3v) is 10.8. The Morgan fingerprint density at radius 3 is 1.79 bits per heavy atom.